The summed E-state index contributed by atoms with van der Waals surface area (Å²) in [6.45, 7) is 1.92. The molecule has 0 unspecified atom stereocenters. The summed E-state index contributed by atoms with van der Waals surface area (Å²) >= 11 is 0. The Hall–Kier alpha value is -2.41. The zero-order valence-electron chi connectivity index (χ0n) is 12.4. The van der Waals surface area contributed by atoms with Crippen LogP contribution in [0.25, 0.3) is 0 Å². The van der Waals surface area contributed by atoms with Crippen molar-refractivity contribution in [2.75, 3.05) is 18.4 Å². The first-order chi connectivity index (χ1) is 10.6. The van der Waals surface area contributed by atoms with E-state index in [0.29, 0.717) is 11.9 Å². The normalized spacial score (nSPS) is 15.7. The van der Waals surface area contributed by atoms with Crippen LogP contribution < -0.4 is 10.6 Å². The van der Waals surface area contributed by atoms with Gasteiger partial charge in [0.15, 0.2) is 5.82 Å². The lowest BCUT2D eigenvalue weighted by Crippen LogP contribution is -2.27. The molecule has 0 radical (unpaired) electrons. The number of nitrogens with zero attached hydrogens (tertiary/aromatic N) is 3. The average Bonchev–Trinajstić information content (AvgIpc) is 2.89. The van der Waals surface area contributed by atoms with Crippen LogP contribution in [0.15, 0.2) is 24.3 Å². The Balaban J connectivity index is 1.76. The molecule has 1 amide bonds. The summed E-state index contributed by atoms with van der Waals surface area (Å²) in [5.74, 6) is 1.02. The number of aromatic nitrogens is 3. The maximum absolute atomic E-state index is 12.2. The first-order valence-electron chi connectivity index (χ1n) is 7.36. The molecule has 0 spiro atoms. The molecule has 0 saturated carbocycles. The molecule has 3 N–H and O–H groups in total. The Morgan fingerprint density at radius 2 is 2.09 bits per heavy atom. The van der Waals surface area contributed by atoms with Gasteiger partial charge in [0.25, 0.3) is 5.91 Å². The predicted octanol–water partition coefficient (Wildman–Crippen LogP) is 1.24. The van der Waals surface area contributed by atoms with Crippen molar-refractivity contribution in [3.63, 3.8) is 0 Å². The number of aromatic hydroxyl groups is 1. The number of amides is 1. The van der Waals surface area contributed by atoms with E-state index in [1.165, 1.54) is 6.07 Å². The Morgan fingerprint density at radius 1 is 1.36 bits per heavy atom. The van der Waals surface area contributed by atoms with Crippen LogP contribution in [0.4, 0.5) is 5.95 Å². The zero-order chi connectivity index (χ0) is 15.5. The first kappa shape index (κ1) is 14.5. The number of nitrogens with one attached hydrogen (secondary N) is 2. The number of carbonyl (C=O) groups is 1. The number of phenols is 1. The summed E-state index contributed by atoms with van der Waals surface area (Å²) in [6.07, 6.45) is 1.99. The number of para-hydroxylation sites is 1. The second-order valence-electron chi connectivity index (χ2n) is 5.41. The van der Waals surface area contributed by atoms with E-state index in [4.69, 9.17) is 0 Å². The number of aryl methyl sites for hydroxylation is 1. The molecule has 1 aromatic heterocycles. The molecule has 2 aromatic rings. The van der Waals surface area contributed by atoms with E-state index >= 15 is 0 Å². The summed E-state index contributed by atoms with van der Waals surface area (Å²) in [7, 11) is 1.75. The van der Waals surface area contributed by atoms with Crippen LogP contribution in [0.5, 0.6) is 5.75 Å². The van der Waals surface area contributed by atoms with E-state index in [2.05, 4.69) is 20.7 Å². The van der Waals surface area contributed by atoms with Crippen molar-refractivity contribution in [3.8, 4) is 5.75 Å². The van der Waals surface area contributed by atoms with Gasteiger partial charge < -0.3 is 10.4 Å². The molecule has 2 heterocycles. The third-order valence-electron chi connectivity index (χ3n) is 3.86. The molecule has 7 heteroatoms. The van der Waals surface area contributed by atoms with Crippen LogP contribution in [-0.2, 0) is 7.05 Å². The van der Waals surface area contributed by atoms with Crippen molar-refractivity contribution >= 4 is 11.9 Å². The maximum atomic E-state index is 12.2. The van der Waals surface area contributed by atoms with Crippen molar-refractivity contribution in [2.45, 2.75) is 18.8 Å². The molecule has 22 heavy (non-hydrogen) atoms. The van der Waals surface area contributed by atoms with Crippen LogP contribution >= 0.6 is 0 Å². The summed E-state index contributed by atoms with van der Waals surface area (Å²) in [4.78, 5) is 16.6. The van der Waals surface area contributed by atoms with Crippen LogP contribution in [0, 0.1) is 0 Å². The minimum absolute atomic E-state index is 0.0549. The van der Waals surface area contributed by atoms with E-state index in [1.807, 2.05) is 0 Å². The highest BCUT2D eigenvalue weighted by atomic mass is 16.3. The van der Waals surface area contributed by atoms with Crippen LogP contribution in [0.2, 0.25) is 0 Å². The molecule has 1 fully saturated rings. The fourth-order valence-corrected chi connectivity index (χ4v) is 2.60. The highest BCUT2D eigenvalue weighted by Gasteiger charge is 2.21. The quantitative estimate of drug-likeness (QED) is 0.793. The second kappa shape index (κ2) is 6.15. The van der Waals surface area contributed by atoms with Crippen molar-refractivity contribution in [3.05, 3.63) is 35.7 Å². The molecule has 1 aromatic carbocycles. The van der Waals surface area contributed by atoms with Crippen molar-refractivity contribution in [2.24, 2.45) is 7.05 Å². The van der Waals surface area contributed by atoms with Crippen molar-refractivity contribution in [1.82, 2.24) is 20.1 Å². The van der Waals surface area contributed by atoms with Gasteiger partial charge in [-0.25, -0.2) is 4.68 Å². The van der Waals surface area contributed by atoms with Gasteiger partial charge in [0.1, 0.15) is 5.75 Å². The molecular formula is C15H19N5O2. The Bertz CT molecular complexity index is 676. The van der Waals surface area contributed by atoms with Gasteiger partial charge in [-0.3, -0.25) is 10.1 Å². The molecule has 1 saturated heterocycles. The summed E-state index contributed by atoms with van der Waals surface area (Å²) in [5.41, 5.74) is 0.217. The number of hydrogen-bond donors (Lipinski definition) is 3. The molecule has 1 aliphatic rings. The summed E-state index contributed by atoms with van der Waals surface area (Å²) < 4.78 is 1.56. The smallest absolute Gasteiger partial charge is 0.261 e. The van der Waals surface area contributed by atoms with Crippen LogP contribution in [0.3, 0.4) is 0 Å². The van der Waals surface area contributed by atoms with Crippen molar-refractivity contribution < 1.29 is 9.90 Å². The molecule has 116 valence electrons. The monoisotopic (exact) mass is 301 g/mol. The number of carbonyl (C=O) groups excluding carboxylic acids is 1. The average molecular weight is 301 g/mol. The third-order valence-corrected chi connectivity index (χ3v) is 3.86. The van der Waals surface area contributed by atoms with Crippen LogP contribution in [-0.4, -0.2) is 38.9 Å². The largest absolute Gasteiger partial charge is 0.507 e. The Morgan fingerprint density at radius 3 is 2.82 bits per heavy atom. The molecule has 3 rings (SSSR count). The van der Waals surface area contributed by atoms with Crippen molar-refractivity contribution in [1.29, 1.82) is 0 Å². The van der Waals surface area contributed by atoms with Crippen LogP contribution in [0.1, 0.15) is 34.9 Å². The van der Waals surface area contributed by atoms with E-state index in [1.54, 1.807) is 29.9 Å². The standard InChI is InChI=1S/C15H19N5O2/c1-20-15(17-13(19-20)10-6-8-16-9-7-10)18-14(22)11-4-2-3-5-12(11)21/h2-5,10,16,21H,6-9H2,1H3,(H,17,18,19,22). The second-order valence-corrected chi connectivity index (χ2v) is 5.41. The third kappa shape index (κ3) is 2.94. The number of hydrogen-bond acceptors (Lipinski definition) is 5. The number of piperidine rings is 1. The molecule has 7 nitrogen and oxygen atoms in total. The highest BCUT2D eigenvalue weighted by Crippen LogP contribution is 2.24. The molecular weight excluding hydrogens is 282 g/mol. The van der Waals surface area contributed by atoms with E-state index in [-0.39, 0.29) is 11.3 Å². The lowest BCUT2D eigenvalue weighted by Gasteiger charge is -2.19. The summed E-state index contributed by atoms with van der Waals surface area (Å²) in [5, 5.41) is 20.1. The fraction of sp³-hybridized carbons (Fsp3) is 0.400. The SMILES string of the molecule is Cn1nc(C2CCNCC2)nc1NC(=O)c1ccccc1O. The van der Waals surface area contributed by atoms with Gasteiger partial charge >= 0.3 is 0 Å². The van der Waals surface area contributed by atoms with E-state index < -0.39 is 5.91 Å². The van der Waals surface area contributed by atoms with Gasteiger partial charge in [-0.2, -0.15) is 10.1 Å². The lowest BCUT2D eigenvalue weighted by molar-refractivity contribution is 0.102. The number of anilines is 1. The van der Waals surface area contributed by atoms with Gasteiger partial charge in [0, 0.05) is 13.0 Å². The number of benzene rings is 1. The predicted molar refractivity (Wildman–Crippen MR) is 81.9 cm³/mol. The minimum atomic E-state index is -0.398. The van der Waals surface area contributed by atoms with Gasteiger partial charge in [-0.05, 0) is 38.1 Å². The highest BCUT2D eigenvalue weighted by molar-refractivity contribution is 6.05. The Labute approximate surface area is 128 Å². The van der Waals surface area contributed by atoms with Gasteiger partial charge in [-0.1, -0.05) is 12.1 Å². The summed E-state index contributed by atoms with van der Waals surface area (Å²) in [6, 6.07) is 6.41. The molecule has 0 atom stereocenters. The minimum Gasteiger partial charge on any atom is -0.507 e. The number of rotatable bonds is 3. The molecule has 0 bridgehead atoms. The van der Waals surface area contributed by atoms with E-state index in [0.717, 1.165) is 31.8 Å². The van der Waals surface area contributed by atoms with E-state index in [9.17, 15) is 9.90 Å². The molecule has 0 aliphatic carbocycles. The lowest BCUT2D eigenvalue weighted by atomic mass is 9.98. The first-order valence-corrected chi connectivity index (χ1v) is 7.36. The maximum Gasteiger partial charge on any atom is 0.261 e. The fourth-order valence-electron chi connectivity index (χ4n) is 2.60. The van der Waals surface area contributed by atoms with Gasteiger partial charge in [0.05, 0.1) is 5.56 Å². The zero-order valence-corrected chi connectivity index (χ0v) is 12.4. The molecule has 1 aliphatic heterocycles. The number of phenolic OH excluding ortho intramolecular Hbond substituents is 1. The van der Waals surface area contributed by atoms with Gasteiger partial charge in [0.2, 0.25) is 5.95 Å². The Kier molecular flexibility index (Phi) is 4.06. The van der Waals surface area contributed by atoms with Gasteiger partial charge in [-0.15, -0.1) is 0 Å². The topological polar surface area (TPSA) is 92.1 Å².